The predicted octanol–water partition coefficient (Wildman–Crippen LogP) is 4.07. The zero-order valence-corrected chi connectivity index (χ0v) is 15.8. The maximum Gasteiger partial charge on any atom is 0.269 e. The lowest BCUT2D eigenvalue weighted by atomic mass is 9.93. The number of rotatable bonds is 7. The SMILES string of the molecule is Cc1cc(NCCC(C)(O)c2ccccc2)nc(-c2ccc([N+](=O)[O-])cc2)n1. The van der Waals surface area contributed by atoms with Gasteiger partial charge in [-0.2, -0.15) is 0 Å². The standard InChI is InChI=1S/C21H22N4O3/c1-15-14-19(22-13-12-21(2,26)17-6-4-3-5-7-17)24-20(23-15)16-8-10-18(11-9-16)25(27)28/h3-11,14,26H,12-13H2,1-2H3,(H,22,23,24). The van der Waals surface area contributed by atoms with E-state index in [1.54, 1.807) is 19.1 Å². The first-order valence-corrected chi connectivity index (χ1v) is 8.97. The molecule has 3 aromatic rings. The number of nitrogens with one attached hydrogen (secondary N) is 1. The number of nitrogens with zero attached hydrogens (tertiary/aromatic N) is 3. The van der Waals surface area contributed by atoms with Crippen molar-refractivity contribution in [1.82, 2.24) is 9.97 Å². The Kier molecular flexibility index (Phi) is 5.65. The van der Waals surface area contributed by atoms with E-state index in [0.29, 0.717) is 30.2 Å². The number of nitro benzene ring substituents is 1. The lowest BCUT2D eigenvalue weighted by molar-refractivity contribution is -0.384. The molecule has 0 aliphatic carbocycles. The maximum atomic E-state index is 10.8. The van der Waals surface area contributed by atoms with Gasteiger partial charge in [0.15, 0.2) is 5.82 Å². The van der Waals surface area contributed by atoms with Crippen LogP contribution in [0.4, 0.5) is 11.5 Å². The molecule has 0 spiro atoms. The van der Waals surface area contributed by atoms with Crippen LogP contribution in [0.15, 0.2) is 60.7 Å². The van der Waals surface area contributed by atoms with Crippen LogP contribution in [0, 0.1) is 17.0 Å². The molecule has 0 saturated heterocycles. The summed E-state index contributed by atoms with van der Waals surface area (Å²) < 4.78 is 0. The molecule has 0 saturated carbocycles. The highest BCUT2D eigenvalue weighted by Gasteiger charge is 2.22. The van der Waals surface area contributed by atoms with Crippen molar-refractivity contribution in [2.24, 2.45) is 0 Å². The van der Waals surface area contributed by atoms with Gasteiger partial charge in [-0.05, 0) is 38.0 Å². The normalized spacial score (nSPS) is 13.0. The van der Waals surface area contributed by atoms with Crippen LogP contribution in [-0.4, -0.2) is 26.5 Å². The quantitative estimate of drug-likeness (QED) is 0.475. The molecule has 1 heterocycles. The molecule has 0 fully saturated rings. The molecule has 0 bridgehead atoms. The molecule has 2 N–H and O–H groups in total. The monoisotopic (exact) mass is 378 g/mol. The van der Waals surface area contributed by atoms with E-state index < -0.39 is 10.5 Å². The molecule has 0 aliphatic heterocycles. The molecule has 2 aromatic carbocycles. The van der Waals surface area contributed by atoms with Crippen LogP contribution in [0.3, 0.4) is 0 Å². The highest BCUT2D eigenvalue weighted by atomic mass is 16.6. The average Bonchev–Trinajstić information content (AvgIpc) is 2.68. The number of nitro groups is 1. The van der Waals surface area contributed by atoms with Gasteiger partial charge in [0.25, 0.3) is 5.69 Å². The second kappa shape index (κ2) is 8.14. The van der Waals surface area contributed by atoms with Crippen molar-refractivity contribution in [3.8, 4) is 11.4 Å². The van der Waals surface area contributed by atoms with Gasteiger partial charge < -0.3 is 10.4 Å². The fourth-order valence-electron chi connectivity index (χ4n) is 2.90. The maximum absolute atomic E-state index is 10.8. The second-order valence-corrected chi connectivity index (χ2v) is 6.84. The minimum atomic E-state index is -0.947. The van der Waals surface area contributed by atoms with Crippen LogP contribution in [-0.2, 0) is 5.60 Å². The molecule has 0 radical (unpaired) electrons. The van der Waals surface area contributed by atoms with Crippen LogP contribution in [0.25, 0.3) is 11.4 Å². The molecule has 144 valence electrons. The third-order valence-corrected chi connectivity index (χ3v) is 4.50. The van der Waals surface area contributed by atoms with Crippen molar-refractivity contribution < 1.29 is 10.0 Å². The minimum absolute atomic E-state index is 0.0258. The van der Waals surface area contributed by atoms with Gasteiger partial charge in [0, 0.05) is 36.0 Å². The molecule has 1 aromatic heterocycles. The van der Waals surface area contributed by atoms with Gasteiger partial charge in [-0.15, -0.1) is 0 Å². The summed E-state index contributed by atoms with van der Waals surface area (Å²) in [6, 6.07) is 17.5. The van der Waals surface area contributed by atoms with Gasteiger partial charge in [0.2, 0.25) is 0 Å². The molecule has 1 atom stereocenters. The fourth-order valence-corrected chi connectivity index (χ4v) is 2.90. The van der Waals surface area contributed by atoms with Gasteiger partial charge in [0.05, 0.1) is 10.5 Å². The minimum Gasteiger partial charge on any atom is -0.385 e. The Labute approximate surface area is 163 Å². The second-order valence-electron chi connectivity index (χ2n) is 6.84. The summed E-state index contributed by atoms with van der Waals surface area (Å²) in [6.07, 6.45) is 0.507. The summed E-state index contributed by atoms with van der Waals surface area (Å²) in [5.41, 5.74) is 1.42. The molecule has 3 rings (SSSR count). The van der Waals surface area contributed by atoms with Gasteiger partial charge in [-0.3, -0.25) is 10.1 Å². The van der Waals surface area contributed by atoms with Gasteiger partial charge in [-0.25, -0.2) is 9.97 Å². The first kappa shape index (κ1) is 19.4. The number of aliphatic hydroxyl groups is 1. The summed E-state index contributed by atoms with van der Waals surface area (Å²) in [6.45, 7) is 4.18. The zero-order valence-electron chi connectivity index (χ0n) is 15.8. The average molecular weight is 378 g/mol. The van der Waals surface area contributed by atoms with E-state index in [1.807, 2.05) is 43.3 Å². The zero-order chi connectivity index (χ0) is 20.1. The molecule has 0 amide bonds. The Balaban J connectivity index is 1.70. The Bertz CT molecular complexity index is 957. The number of hydrogen-bond donors (Lipinski definition) is 2. The van der Waals surface area contributed by atoms with Gasteiger partial charge in [-0.1, -0.05) is 30.3 Å². The number of hydrogen-bond acceptors (Lipinski definition) is 6. The lowest BCUT2D eigenvalue weighted by Crippen LogP contribution is -2.24. The number of non-ortho nitro benzene ring substituents is 1. The van der Waals surface area contributed by atoms with Crippen molar-refractivity contribution >= 4 is 11.5 Å². The highest BCUT2D eigenvalue weighted by Crippen LogP contribution is 2.25. The van der Waals surface area contributed by atoms with E-state index in [-0.39, 0.29) is 5.69 Å². The summed E-state index contributed by atoms with van der Waals surface area (Å²) in [5.74, 6) is 1.14. The van der Waals surface area contributed by atoms with Crippen LogP contribution in [0.2, 0.25) is 0 Å². The Morgan fingerprint density at radius 1 is 1.11 bits per heavy atom. The van der Waals surface area contributed by atoms with E-state index in [0.717, 1.165) is 11.3 Å². The summed E-state index contributed by atoms with van der Waals surface area (Å²) in [4.78, 5) is 19.3. The predicted molar refractivity (Wildman–Crippen MR) is 108 cm³/mol. The Hall–Kier alpha value is -3.32. The Morgan fingerprint density at radius 3 is 2.43 bits per heavy atom. The van der Waals surface area contributed by atoms with Crippen molar-refractivity contribution in [3.63, 3.8) is 0 Å². The van der Waals surface area contributed by atoms with Crippen LogP contribution in [0.5, 0.6) is 0 Å². The van der Waals surface area contributed by atoms with Crippen LogP contribution >= 0.6 is 0 Å². The lowest BCUT2D eigenvalue weighted by Gasteiger charge is -2.24. The smallest absolute Gasteiger partial charge is 0.269 e. The van der Waals surface area contributed by atoms with Crippen LogP contribution < -0.4 is 5.32 Å². The molecular weight excluding hydrogens is 356 g/mol. The summed E-state index contributed by atoms with van der Waals surface area (Å²) >= 11 is 0. The van der Waals surface area contributed by atoms with E-state index in [4.69, 9.17) is 0 Å². The number of aryl methyl sites for hydroxylation is 1. The molecule has 28 heavy (non-hydrogen) atoms. The fraction of sp³-hybridized carbons (Fsp3) is 0.238. The largest absolute Gasteiger partial charge is 0.385 e. The van der Waals surface area contributed by atoms with E-state index in [9.17, 15) is 15.2 Å². The molecule has 7 heteroatoms. The number of benzene rings is 2. The van der Waals surface area contributed by atoms with E-state index >= 15 is 0 Å². The Morgan fingerprint density at radius 2 is 1.79 bits per heavy atom. The first-order chi connectivity index (χ1) is 13.3. The van der Waals surface area contributed by atoms with Gasteiger partial charge >= 0.3 is 0 Å². The molecule has 1 unspecified atom stereocenters. The van der Waals surface area contributed by atoms with Crippen molar-refractivity contribution in [2.75, 3.05) is 11.9 Å². The molecule has 0 aliphatic rings. The van der Waals surface area contributed by atoms with Gasteiger partial charge in [0.1, 0.15) is 5.82 Å². The third-order valence-electron chi connectivity index (χ3n) is 4.50. The van der Waals surface area contributed by atoms with Crippen LogP contribution in [0.1, 0.15) is 24.6 Å². The topological polar surface area (TPSA) is 101 Å². The number of anilines is 1. The molecule has 7 nitrogen and oxygen atoms in total. The first-order valence-electron chi connectivity index (χ1n) is 8.97. The summed E-state index contributed by atoms with van der Waals surface area (Å²) in [5, 5.41) is 24.7. The summed E-state index contributed by atoms with van der Waals surface area (Å²) in [7, 11) is 0. The van der Waals surface area contributed by atoms with Crippen molar-refractivity contribution in [2.45, 2.75) is 25.9 Å². The van der Waals surface area contributed by atoms with Crippen molar-refractivity contribution in [1.29, 1.82) is 0 Å². The van der Waals surface area contributed by atoms with E-state index in [2.05, 4.69) is 15.3 Å². The number of aromatic nitrogens is 2. The van der Waals surface area contributed by atoms with Crippen molar-refractivity contribution in [3.05, 3.63) is 82.0 Å². The van der Waals surface area contributed by atoms with E-state index in [1.165, 1.54) is 12.1 Å². The third kappa shape index (κ3) is 4.69. The molecular formula is C21H22N4O3. The highest BCUT2D eigenvalue weighted by molar-refractivity contribution is 5.59.